The first-order valence-electron chi connectivity index (χ1n) is 23.1. The molecule has 2 heteroatoms. The van der Waals surface area contributed by atoms with Crippen LogP contribution in [-0.4, -0.2) is 0 Å². The average molecular weight is 756 g/mol. The molecular weight excluding hydrogens is 677 g/mol. The second-order valence-electron chi connectivity index (χ2n) is 17.1. The lowest BCUT2D eigenvalue weighted by atomic mass is 9.80. The number of hydrogen-bond acceptors (Lipinski definition) is 2. The van der Waals surface area contributed by atoms with Crippen molar-refractivity contribution in [2.75, 3.05) is 11.5 Å². The van der Waals surface area contributed by atoms with Gasteiger partial charge in [0.2, 0.25) is 0 Å². The third-order valence-corrected chi connectivity index (χ3v) is 12.4. The van der Waals surface area contributed by atoms with Crippen molar-refractivity contribution in [3.63, 3.8) is 0 Å². The van der Waals surface area contributed by atoms with Crippen molar-refractivity contribution in [3.8, 4) is 0 Å². The molecule has 0 aliphatic heterocycles. The van der Waals surface area contributed by atoms with E-state index in [0.717, 1.165) is 24.2 Å². The second-order valence-corrected chi connectivity index (χ2v) is 17.1. The fraction of sp³-hybridized carbons (Fsp3) is 0.537. The molecule has 0 aromatic heterocycles. The fourth-order valence-corrected chi connectivity index (χ4v) is 9.02. The number of rotatable bonds is 28. The largest absolute Gasteiger partial charge is 0.399 e. The van der Waals surface area contributed by atoms with Crippen LogP contribution < -0.4 is 11.5 Å². The van der Waals surface area contributed by atoms with Crippen molar-refractivity contribution in [1.82, 2.24) is 0 Å². The predicted octanol–water partition coefficient (Wildman–Crippen LogP) is 16.3. The summed E-state index contributed by atoms with van der Waals surface area (Å²) in [6.45, 7) is 11.4. The molecule has 0 saturated carbocycles. The van der Waals surface area contributed by atoms with Crippen LogP contribution in [0, 0.1) is 20.3 Å². The van der Waals surface area contributed by atoms with Crippen LogP contribution in [0.2, 0.25) is 0 Å². The molecule has 0 spiro atoms. The number of nitrogen functional groups attached to an aromatic ring is 2. The topological polar surface area (TPSA) is 52.0 Å². The molecule has 0 aliphatic rings. The van der Waals surface area contributed by atoms with Crippen molar-refractivity contribution in [3.05, 3.63) is 136 Å². The van der Waals surface area contributed by atoms with Gasteiger partial charge in [-0.05, 0) is 115 Å². The molecule has 2 unspecified atom stereocenters. The van der Waals surface area contributed by atoms with Gasteiger partial charge in [0, 0.05) is 29.1 Å². The first kappa shape index (κ1) is 45.2. The molecule has 4 rings (SSSR count). The normalized spacial score (nSPS) is 13.2. The van der Waals surface area contributed by atoms with E-state index in [2.05, 4.69) is 126 Å². The van der Waals surface area contributed by atoms with E-state index in [0.29, 0.717) is 17.8 Å². The highest BCUT2D eigenvalue weighted by Gasteiger charge is 2.21. The Balaban J connectivity index is 1.57. The van der Waals surface area contributed by atoms with Gasteiger partial charge < -0.3 is 11.5 Å². The maximum absolute atomic E-state index is 6.23. The molecule has 0 aliphatic carbocycles. The van der Waals surface area contributed by atoms with Gasteiger partial charge in [0.05, 0.1) is 0 Å². The Hall–Kier alpha value is -3.52. The summed E-state index contributed by atoms with van der Waals surface area (Å²) in [5, 5.41) is 0. The van der Waals surface area contributed by atoms with E-state index in [4.69, 9.17) is 11.5 Å². The lowest BCUT2D eigenvalue weighted by Gasteiger charge is -2.24. The smallest absolute Gasteiger partial charge is 0.0316 e. The van der Waals surface area contributed by atoms with Gasteiger partial charge in [-0.2, -0.15) is 0 Å². The summed E-state index contributed by atoms with van der Waals surface area (Å²) < 4.78 is 0. The SMILES string of the molecule is CCCC[CH]CCC(c1ccc(C(CCCCCCCCC)c2ccc(N)cc2C)cc1)c1ccc(C(CCCCCCCCC)c2ccc(N)cc2C)cc1. The van der Waals surface area contributed by atoms with Crippen LogP contribution in [0.5, 0.6) is 0 Å². The minimum atomic E-state index is 0.371. The highest BCUT2D eigenvalue weighted by molar-refractivity contribution is 5.50. The first-order chi connectivity index (χ1) is 27.4. The van der Waals surface area contributed by atoms with Crippen LogP contribution in [0.4, 0.5) is 11.4 Å². The van der Waals surface area contributed by atoms with E-state index < -0.39 is 0 Å². The van der Waals surface area contributed by atoms with E-state index in [9.17, 15) is 0 Å². The quantitative estimate of drug-likeness (QED) is 0.0448. The first-order valence-corrected chi connectivity index (χ1v) is 23.1. The molecule has 0 amide bonds. The molecule has 0 heterocycles. The Morgan fingerprint density at radius 1 is 0.393 bits per heavy atom. The van der Waals surface area contributed by atoms with Gasteiger partial charge in [0.15, 0.2) is 0 Å². The molecule has 0 fully saturated rings. The van der Waals surface area contributed by atoms with Crippen molar-refractivity contribution in [1.29, 1.82) is 0 Å². The van der Waals surface area contributed by atoms with E-state index in [1.54, 1.807) is 0 Å². The zero-order chi connectivity index (χ0) is 40.0. The Labute approximate surface area is 344 Å². The Morgan fingerprint density at radius 2 is 0.750 bits per heavy atom. The van der Waals surface area contributed by atoms with Crippen LogP contribution >= 0.6 is 0 Å². The zero-order valence-electron chi connectivity index (χ0n) is 36.4. The zero-order valence-corrected chi connectivity index (χ0v) is 36.4. The monoisotopic (exact) mass is 756 g/mol. The minimum absolute atomic E-state index is 0.371. The third-order valence-electron chi connectivity index (χ3n) is 12.4. The molecule has 0 bridgehead atoms. The van der Waals surface area contributed by atoms with Crippen LogP contribution in [-0.2, 0) is 0 Å². The molecule has 4 aromatic carbocycles. The Morgan fingerprint density at radius 3 is 1.12 bits per heavy atom. The number of aryl methyl sites for hydroxylation is 2. The molecular formula is C54H79N2. The van der Waals surface area contributed by atoms with Crippen molar-refractivity contribution >= 4 is 11.4 Å². The van der Waals surface area contributed by atoms with E-state index in [1.165, 1.54) is 167 Å². The maximum Gasteiger partial charge on any atom is 0.0316 e. The summed E-state index contributed by atoms with van der Waals surface area (Å²) in [7, 11) is 0. The summed E-state index contributed by atoms with van der Waals surface area (Å²) in [6.07, 6.45) is 29.6. The molecule has 2 nitrogen and oxygen atoms in total. The fourth-order valence-electron chi connectivity index (χ4n) is 9.02. The highest BCUT2D eigenvalue weighted by atomic mass is 14.5. The van der Waals surface area contributed by atoms with Gasteiger partial charge in [0.25, 0.3) is 0 Å². The summed E-state index contributed by atoms with van der Waals surface area (Å²) in [5.74, 6) is 1.16. The summed E-state index contributed by atoms with van der Waals surface area (Å²) in [4.78, 5) is 0. The van der Waals surface area contributed by atoms with Gasteiger partial charge in [-0.15, -0.1) is 0 Å². The summed E-state index contributed by atoms with van der Waals surface area (Å²) in [5.41, 5.74) is 25.4. The standard InChI is InChI=1S/C54H79N2/c1-6-9-12-15-17-20-23-26-53(50-38-36-48(55)40-42(50)4)46-32-28-44(29-33-46)52(25-22-19-14-11-8-3)45-30-34-47(35-31-45)54(27-24-21-18-16-13-10-7-2)51-39-37-49(56)41-43(51)5/h19,28-41,52-54H,6-18,20-27,55-56H2,1-5H3. The Bertz CT molecular complexity index is 1520. The summed E-state index contributed by atoms with van der Waals surface area (Å²) in [6, 6.07) is 32.7. The Kier molecular flexibility index (Phi) is 20.7. The number of anilines is 2. The van der Waals surface area contributed by atoms with Crippen LogP contribution in [0.15, 0.2) is 84.9 Å². The molecule has 56 heavy (non-hydrogen) atoms. The average Bonchev–Trinajstić information content (AvgIpc) is 3.20. The van der Waals surface area contributed by atoms with Gasteiger partial charge in [-0.1, -0.05) is 191 Å². The van der Waals surface area contributed by atoms with Crippen molar-refractivity contribution in [2.24, 2.45) is 0 Å². The van der Waals surface area contributed by atoms with Gasteiger partial charge in [-0.25, -0.2) is 0 Å². The molecule has 4 N–H and O–H groups in total. The minimum Gasteiger partial charge on any atom is -0.399 e. The lowest BCUT2D eigenvalue weighted by Crippen LogP contribution is -2.07. The number of hydrogen-bond donors (Lipinski definition) is 2. The molecule has 1 radical (unpaired) electrons. The third kappa shape index (κ3) is 14.8. The van der Waals surface area contributed by atoms with Gasteiger partial charge >= 0.3 is 0 Å². The molecule has 2 atom stereocenters. The van der Waals surface area contributed by atoms with Crippen LogP contribution in [0.25, 0.3) is 0 Å². The van der Waals surface area contributed by atoms with E-state index >= 15 is 0 Å². The summed E-state index contributed by atoms with van der Waals surface area (Å²) >= 11 is 0. The van der Waals surface area contributed by atoms with E-state index in [1.807, 2.05) is 0 Å². The molecule has 305 valence electrons. The highest BCUT2D eigenvalue weighted by Crippen LogP contribution is 2.38. The second kappa shape index (κ2) is 25.7. The van der Waals surface area contributed by atoms with Crippen molar-refractivity contribution < 1.29 is 0 Å². The molecule has 4 aromatic rings. The lowest BCUT2D eigenvalue weighted by molar-refractivity contribution is 0.558. The van der Waals surface area contributed by atoms with Gasteiger partial charge in [-0.3, -0.25) is 0 Å². The number of benzene rings is 4. The van der Waals surface area contributed by atoms with Crippen LogP contribution in [0.1, 0.15) is 218 Å². The number of unbranched alkanes of at least 4 members (excludes halogenated alkanes) is 16. The van der Waals surface area contributed by atoms with Gasteiger partial charge in [0.1, 0.15) is 0 Å². The predicted molar refractivity (Wildman–Crippen MR) is 248 cm³/mol. The molecule has 0 saturated heterocycles. The number of nitrogens with two attached hydrogens (primary N) is 2. The van der Waals surface area contributed by atoms with E-state index in [-0.39, 0.29) is 0 Å². The van der Waals surface area contributed by atoms with Crippen molar-refractivity contribution in [2.45, 2.75) is 187 Å². The van der Waals surface area contributed by atoms with Crippen LogP contribution in [0.3, 0.4) is 0 Å². The maximum atomic E-state index is 6.23.